The molecule has 9 rings (SSSR count). The molecule has 0 saturated carbocycles. The van der Waals surface area contributed by atoms with Crippen LogP contribution in [0.3, 0.4) is 0 Å². The Balaban J connectivity index is 1.33. The van der Waals surface area contributed by atoms with Crippen LogP contribution in [0.25, 0.3) is 83.4 Å². The number of rotatable bonds is 3. The monoisotopic (exact) mass is 527 g/mol. The molecule has 0 spiro atoms. The maximum Gasteiger partial charge on any atom is 0.227 e. The van der Waals surface area contributed by atoms with Crippen molar-refractivity contribution in [2.75, 3.05) is 0 Å². The Kier molecular flexibility index (Phi) is 4.55. The summed E-state index contributed by atoms with van der Waals surface area (Å²) in [5, 5.41) is 4.55. The van der Waals surface area contributed by atoms with Crippen LogP contribution in [0.1, 0.15) is 0 Å². The van der Waals surface area contributed by atoms with Crippen molar-refractivity contribution in [1.29, 1.82) is 0 Å². The SMILES string of the molecule is c1ccc2oc(-c3cc(-c4nc5ccccc5o4)c4ccc(-n5c6ccccc6c6ccccc65)cc4c3)nc2c1. The summed E-state index contributed by atoms with van der Waals surface area (Å²) in [5.74, 6) is 1.13. The molecular formula is C36H21N3O2. The van der Waals surface area contributed by atoms with Crippen molar-refractivity contribution < 1.29 is 8.83 Å². The second kappa shape index (κ2) is 8.41. The summed E-state index contributed by atoms with van der Waals surface area (Å²) < 4.78 is 14.8. The van der Waals surface area contributed by atoms with Gasteiger partial charge in [-0.25, -0.2) is 9.97 Å². The van der Waals surface area contributed by atoms with Gasteiger partial charge in [0.25, 0.3) is 0 Å². The summed E-state index contributed by atoms with van der Waals surface area (Å²) in [7, 11) is 0. The van der Waals surface area contributed by atoms with Gasteiger partial charge in [0.1, 0.15) is 11.0 Å². The van der Waals surface area contributed by atoms with E-state index in [0.29, 0.717) is 11.8 Å². The molecule has 0 saturated heterocycles. The van der Waals surface area contributed by atoms with Gasteiger partial charge in [-0.15, -0.1) is 0 Å². The van der Waals surface area contributed by atoms with Crippen molar-refractivity contribution in [2.24, 2.45) is 0 Å². The van der Waals surface area contributed by atoms with Gasteiger partial charge in [0.05, 0.1) is 11.0 Å². The van der Waals surface area contributed by atoms with Gasteiger partial charge in [0, 0.05) is 27.6 Å². The fraction of sp³-hybridized carbons (Fsp3) is 0. The first-order chi connectivity index (χ1) is 20.3. The van der Waals surface area contributed by atoms with Gasteiger partial charge in [-0.3, -0.25) is 0 Å². The molecule has 0 aliphatic heterocycles. The molecule has 0 aliphatic rings. The lowest BCUT2D eigenvalue weighted by Gasteiger charge is -2.12. The van der Waals surface area contributed by atoms with Crippen LogP contribution in [0.2, 0.25) is 0 Å². The summed E-state index contributed by atoms with van der Waals surface area (Å²) in [5.41, 5.74) is 8.33. The molecule has 0 fully saturated rings. The Labute approximate surface area is 233 Å². The van der Waals surface area contributed by atoms with Crippen LogP contribution in [0.5, 0.6) is 0 Å². The summed E-state index contributed by atoms with van der Waals surface area (Å²) >= 11 is 0. The van der Waals surface area contributed by atoms with E-state index in [1.165, 1.54) is 21.8 Å². The fourth-order valence-electron chi connectivity index (χ4n) is 5.98. The van der Waals surface area contributed by atoms with Gasteiger partial charge in [-0.05, 0) is 71.4 Å². The average molecular weight is 528 g/mol. The standard InChI is InChI=1S/C36H21N3O2/c1-5-13-31-26(9-1)27-10-2-6-14-32(27)39(31)24-17-18-25-22(20-24)19-23(35-37-29-11-3-7-15-33(29)40-35)21-28(25)36-38-30-12-4-8-16-34(30)41-36/h1-21H. The normalized spacial score (nSPS) is 11.9. The molecule has 3 heterocycles. The largest absolute Gasteiger partial charge is 0.436 e. The van der Waals surface area contributed by atoms with Crippen LogP contribution in [-0.4, -0.2) is 14.5 Å². The van der Waals surface area contributed by atoms with Crippen LogP contribution < -0.4 is 0 Å². The van der Waals surface area contributed by atoms with Crippen molar-refractivity contribution in [2.45, 2.75) is 0 Å². The zero-order chi connectivity index (χ0) is 26.9. The van der Waals surface area contributed by atoms with E-state index in [0.717, 1.165) is 49.8 Å². The molecule has 0 N–H and O–H groups in total. The maximum absolute atomic E-state index is 6.26. The number of hydrogen-bond donors (Lipinski definition) is 0. The molecule has 5 heteroatoms. The molecule has 3 aromatic heterocycles. The second-order valence-corrected chi connectivity index (χ2v) is 10.3. The molecule has 41 heavy (non-hydrogen) atoms. The van der Waals surface area contributed by atoms with Crippen LogP contribution in [-0.2, 0) is 0 Å². The van der Waals surface area contributed by atoms with Crippen LogP contribution in [0.4, 0.5) is 0 Å². The van der Waals surface area contributed by atoms with Gasteiger partial charge >= 0.3 is 0 Å². The third-order valence-electron chi connectivity index (χ3n) is 7.84. The number of para-hydroxylation sites is 6. The number of hydrogen-bond acceptors (Lipinski definition) is 4. The highest BCUT2D eigenvalue weighted by Gasteiger charge is 2.18. The smallest absolute Gasteiger partial charge is 0.227 e. The summed E-state index contributed by atoms with van der Waals surface area (Å²) in [6.07, 6.45) is 0. The van der Waals surface area contributed by atoms with E-state index < -0.39 is 0 Å². The highest BCUT2D eigenvalue weighted by molar-refractivity contribution is 6.09. The van der Waals surface area contributed by atoms with Gasteiger partial charge in [-0.1, -0.05) is 66.7 Å². The van der Waals surface area contributed by atoms with Crippen molar-refractivity contribution in [1.82, 2.24) is 14.5 Å². The first-order valence-corrected chi connectivity index (χ1v) is 13.6. The second-order valence-electron chi connectivity index (χ2n) is 10.3. The van der Waals surface area contributed by atoms with Crippen molar-refractivity contribution >= 4 is 54.8 Å². The summed E-state index contributed by atoms with van der Waals surface area (Å²) in [6, 6.07) is 43.6. The summed E-state index contributed by atoms with van der Waals surface area (Å²) in [6.45, 7) is 0. The molecule has 0 amide bonds. The lowest BCUT2D eigenvalue weighted by Crippen LogP contribution is -1.94. The predicted molar refractivity (Wildman–Crippen MR) is 164 cm³/mol. The Hall–Kier alpha value is -5.68. The first-order valence-electron chi connectivity index (χ1n) is 13.6. The van der Waals surface area contributed by atoms with Crippen LogP contribution >= 0.6 is 0 Å². The minimum absolute atomic E-state index is 0.563. The van der Waals surface area contributed by atoms with E-state index in [1.54, 1.807) is 0 Å². The molecule has 0 unspecified atom stereocenters. The zero-order valence-electron chi connectivity index (χ0n) is 21.8. The molecule has 0 atom stereocenters. The van der Waals surface area contributed by atoms with E-state index in [4.69, 9.17) is 18.8 Å². The highest BCUT2D eigenvalue weighted by Crippen LogP contribution is 2.38. The molecule has 0 radical (unpaired) electrons. The first kappa shape index (κ1) is 22.2. The Morgan fingerprint density at radius 1 is 0.488 bits per heavy atom. The van der Waals surface area contributed by atoms with Crippen LogP contribution in [0, 0.1) is 0 Å². The number of oxazole rings is 2. The molecule has 9 aromatic rings. The third kappa shape index (κ3) is 3.36. The maximum atomic E-state index is 6.26. The van der Waals surface area contributed by atoms with Crippen molar-refractivity contribution in [3.8, 4) is 28.6 Å². The molecular weight excluding hydrogens is 506 g/mol. The number of fused-ring (bicyclic) bond motifs is 6. The van der Waals surface area contributed by atoms with Gasteiger partial charge in [0.2, 0.25) is 11.8 Å². The van der Waals surface area contributed by atoms with Gasteiger partial charge in [-0.2, -0.15) is 0 Å². The van der Waals surface area contributed by atoms with Crippen molar-refractivity contribution in [3.05, 3.63) is 127 Å². The molecule has 192 valence electrons. The Bertz CT molecular complexity index is 2320. The molecule has 0 aliphatic carbocycles. The zero-order valence-corrected chi connectivity index (χ0v) is 21.8. The quantitative estimate of drug-likeness (QED) is 0.230. The van der Waals surface area contributed by atoms with Crippen molar-refractivity contribution in [3.63, 3.8) is 0 Å². The lowest BCUT2D eigenvalue weighted by atomic mass is 9.99. The number of benzene rings is 6. The third-order valence-corrected chi connectivity index (χ3v) is 7.84. The van der Waals surface area contributed by atoms with Crippen LogP contribution in [0.15, 0.2) is 136 Å². The minimum Gasteiger partial charge on any atom is -0.436 e. The Morgan fingerprint density at radius 2 is 1.07 bits per heavy atom. The minimum atomic E-state index is 0.563. The van der Waals surface area contributed by atoms with E-state index in [-0.39, 0.29) is 0 Å². The topological polar surface area (TPSA) is 57.0 Å². The van der Waals surface area contributed by atoms with Gasteiger partial charge < -0.3 is 13.4 Å². The van der Waals surface area contributed by atoms with E-state index in [1.807, 2.05) is 48.5 Å². The van der Waals surface area contributed by atoms with E-state index in [2.05, 4.69) is 83.4 Å². The number of aromatic nitrogens is 3. The predicted octanol–water partition coefficient (Wildman–Crippen LogP) is 9.55. The van der Waals surface area contributed by atoms with E-state index >= 15 is 0 Å². The number of nitrogens with zero attached hydrogens (tertiary/aromatic N) is 3. The molecule has 0 bridgehead atoms. The fourth-order valence-corrected chi connectivity index (χ4v) is 5.98. The summed E-state index contributed by atoms with van der Waals surface area (Å²) in [4.78, 5) is 9.64. The lowest BCUT2D eigenvalue weighted by molar-refractivity contribution is 0.618. The highest BCUT2D eigenvalue weighted by atomic mass is 16.4. The van der Waals surface area contributed by atoms with E-state index in [9.17, 15) is 0 Å². The Morgan fingerprint density at radius 3 is 1.76 bits per heavy atom. The molecule has 5 nitrogen and oxygen atoms in total. The van der Waals surface area contributed by atoms with Gasteiger partial charge in [0.15, 0.2) is 11.2 Å². The average Bonchev–Trinajstić information content (AvgIpc) is 3.74. The molecule has 6 aromatic carbocycles.